The van der Waals surface area contributed by atoms with E-state index < -0.39 is 20.2 Å². The Morgan fingerprint density at radius 1 is 0.725 bits per heavy atom. The van der Waals surface area contributed by atoms with E-state index in [2.05, 4.69) is 29.6 Å². The Morgan fingerprint density at radius 3 is 1.53 bits per heavy atom. The summed E-state index contributed by atoms with van der Waals surface area (Å²) in [4.78, 5) is 36.2. The predicted octanol–water partition coefficient (Wildman–Crippen LogP) is 2.64. The van der Waals surface area contributed by atoms with E-state index in [1.165, 1.54) is 79.4 Å². The topological polar surface area (TPSA) is 233 Å². The predicted molar refractivity (Wildman–Crippen MR) is 187 cm³/mol. The first-order valence-electron chi connectivity index (χ1n) is 14.5. The van der Waals surface area contributed by atoms with Crippen molar-refractivity contribution in [2.75, 3.05) is 50.2 Å². The van der Waals surface area contributed by atoms with Gasteiger partial charge in [0.1, 0.15) is 17.3 Å². The zero-order chi connectivity index (χ0) is 38.0. The molecule has 0 saturated carbocycles. The zero-order valence-electron chi connectivity index (χ0n) is 27.3. The van der Waals surface area contributed by atoms with Crippen LogP contribution < -0.4 is 9.80 Å². The molecular formula is C32H34N8O9S2. The summed E-state index contributed by atoms with van der Waals surface area (Å²) in [5, 5.41) is 17.6. The Kier molecular flexibility index (Phi) is 16.4. The number of hydrogen-bond donors (Lipinski definition) is 4. The van der Waals surface area contributed by atoms with Gasteiger partial charge in [-0.15, -0.1) is 0 Å². The quantitative estimate of drug-likeness (QED) is 0.0929. The molecule has 0 unspecified atom stereocenters. The van der Waals surface area contributed by atoms with Crippen LogP contribution in [0, 0.1) is 13.1 Å². The largest absolute Gasteiger partial charge is 0.395 e. The minimum Gasteiger partial charge on any atom is -0.395 e. The fraction of sp³-hybridized carbons (Fsp3) is 0.219. The van der Waals surface area contributed by atoms with Crippen LogP contribution >= 0.6 is 0 Å². The highest BCUT2D eigenvalue weighted by atomic mass is 32.2. The molecule has 4 rings (SSSR count). The molecule has 2 aromatic heterocycles. The molecule has 0 aliphatic carbocycles. The molecule has 0 fully saturated rings. The first-order valence-corrected chi connectivity index (χ1v) is 17.3. The maximum atomic E-state index is 11.1. The van der Waals surface area contributed by atoms with Crippen molar-refractivity contribution in [3.63, 3.8) is 0 Å². The standard InChI is InChI=1S/C16H16N4O4S.C8H11N3O2.C8H7NO3S/c1-17-15(12-3-5-14(6-4-12)25(22,23)24)9-13-10-19-16(11-18-13)20(2)7-8-21;1-11(2-3-12)8-5-9-7(6-13)4-10-8;1-9-6-7-2-4-8(5-3-7)13(10,11)12/h3-6,9-11,21H,7-8H2,2H3,(H,22,23,24);4-6,12H,2-3H2,1H3;2-5H,6H2,(H,10,11,12)/b15-9-;;. The molecule has 0 saturated heterocycles. The molecule has 268 valence electrons. The Morgan fingerprint density at radius 2 is 1.18 bits per heavy atom. The zero-order valence-corrected chi connectivity index (χ0v) is 29.0. The number of aldehydes is 1. The van der Waals surface area contributed by atoms with Crippen molar-refractivity contribution in [2.45, 2.75) is 16.3 Å². The summed E-state index contributed by atoms with van der Waals surface area (Å²) in [6.45, 7) is 15.1. The third kappa shape index (κ3) is 14.0. The normalized spacial score (nSPS) is 11.0. The number of aliphatic hydroxyl groups excluding tert-OH is 2. The number of anilines is 2. The van der Waals surface area contributed by atoms with Crippen LogP contribution in [0.3, 0.4) is 0 Å². The van der Waals surface area contributed by atoms with Gasteiger partial charge >= 0.3 is 0 Å². The second-order valence-electron chi connectivity index (χ2n) is 10.1. The number of nitrogens with zero attached hydrogens (tertiary/aromatic N) is 8. The number of rotatable bonds is 12. The summed E-state index contributed by atoms with van der Waals surface area (Å²) in [5.74, 6) is 1.23. The van der Waals surface area contributed by atoms with E-state index in [4.69, 9.17) is 32.5 Å². The van der Waals surface area contributed by atoms with Crippen LogP contribution in [-0.4, -0.2) is 103 Å². The van der Waals surface area contributed by atoms with E-state index in [1.54, 1.807) is 23.9 Å². The van der Waals surface area contributed by atoms with Crippen LogP contribution in [0.2, 0.25) is 0 Å². The van der Waals surface area contributed by atoms with Gasteiger partial charge in [-0.25, -0.2) is 26.4 Å². The van der Waals surface area contributed by atoms with Gasteiger partial charge in [-0.2, -0.15) is 16.8 Å². The van der Waals surface area contributed by atoms with Gasteiger partial charge in [0, 0.05) is 32.7 Å². The number of aliphatic hydroxyl groups is 2. The van der Waals surface area contributed by atoms with Gasteiger partial charge in [0.25, 0.3) is 20.2 Å². The van der Waals surface area contributed by atoms with Gasteiger partial charge in [-0.1, -0.05) is 24.3 Å². The molecule has 0 radical (unpaired) electrons. The number of aromatic nitrogens is 4. The van der Waals surface area contributed by atoms with E-state index in [-0.39, 0.29) is 35.2 Å². The summed E-state index contributed by atoms with van der Waals surface area (Å²) >= 11 is 0. The van der Waals surface area contributed by atoms with Crippen molar-refractivity contribution in [1.82, 2.24) is 19.9 Å². The van der Waals surface area contributed by atoms with Gasteiger partial charge in [0.15, 0.2) is 12.0 Å². The van der Waals surface area contributed by atoms with Crippen molar-refractivity contribution in [2.24, 2.45) is 0 Å². The monoisotopic (exact) mass is 738 g/mol. The Hall–Kier alpha value is -5.67. The average Bonchev–Trinajstić information content (AvgIpc) is 3.11. The van der Waals surface area contributed by atoms with Gasteiger partial charge in [-0.05, 0) is 35.9 Å². The summed E-state index contributed by atoms with van der Waals surface area (Å²) in [6, 6.07) is 10.9. The maximum Gasteiger partial charge on any atom is 0.294 e. The van der Waals surface area contributed by atoms with E-state index in [1.807, 2.05) is 0 Å². The second kappa shape index (κ2) is 20.1. The Labute approximate surface area is 295 Å². The lowest BCUT2D eigenvalue weighted by Crippen LogP contribution is -2.22. The van der Waals surface area contributed by atoms with E-state index in [0.29, 0.717) is 48.0 Å². The van der Waals surface area contributed by atoms with Crippen LogP contribution in [0.4, 0.5) is 11.6 Å². The molecule has 0 aliphatic heterocycles. The van der Waals surface area contributed by atoms with E-state index in [9.17, 15) is 21.6 Å². The van der Waals surface area contributed by atoms with Crippen molar-refractivity contribution in [3.8, 4) is 0 Å². The SMILES string of the molecule is CN(CCO)c1cnc(C=O)cn1.[C-]#[N+]/C(=C\c1cnc(N(C)CCO)cn1)c1ccc(S(=O)(=O)O)cc1.[C-]#[N+]Cc1ccc(S(=O)(=O)O)cc1. The number of carbonyl (C=O) groups excluding carboxylic acids is 1. The first kappa shape index (κ1) is 41.5. The molecule has 0 aliphatic rings. The smallest absolute Gasteiger partial charge is 0.294 e. The van der Waals surface area contributed by atoms with Gasteiger partial charge in [0.05, 0.1) is 60.1 Å². The lowest BCUT2D eigenvalue weighted by atomic mass is 10.1. The summed E-state index contributed by atoms with van der Waals surface area (Å²) in [7, 11) is -4.82. The molecule has 51 heavy (non-hydrogen) atoms. The number of benzene rings is 2. The second-order valence-corrected chi connectivity index (χ2v) is 12.9. The van der Waals surface area contributed by atoms with Crippen molar-refractivity contribution < 1.29 is 40.9 Å². The summed E-state index contributed by atoms with van der Waals surface area (Å²) < 4.78 is 60.9. The molecule has 2 aromatic carbocycles. The third-order valence-corrected chi connectivity index (χ3v) is 8.16. The van der Waals surface area contributed by atoms with Crippen LogP contribution in [0.5, 0.6) is 0 Å². The molecule has 0 spiro atoms. The molecule has 4 N–H and O–H groups in total. The number of carbonyl (C=O) groups is 1. The minimum atomic E-state index is -4.27. The fourth-order valence-electron chi connectivity index (χ4n) is 3.70. The van der Waals surface area contributed by atoms with Crippen LogP contribution in [0.1, 0.15) is 27.3 Å². The van der Waals surface area contributed by atoms with E-state index in [0.717, 1.165) is 5.56 Å². The lowest BCUT2D eigenvalue weighted by molar-refractivity contribution is 0.111. The van der Waals surface area contributed by atoms with E-state index >= 15 is 0 Å². The molecule has 2 heterocycles. The van der Waals surface area contributed by atoms with Crippen LogP contribution in [0.15, 0.2) is 83.1 Å². The van der Waals surface area contributed by atoms with Gasteiger partial charge < -0.3 is 24.9 Å². The highest BCUT2D eigenvalue weighted by molar-refractivity contribution is 7.86. The lowest BCUT2D eigenvalue weighted by Gasteiger charge is -2.15. The molecule has 19 heteroatoms. The summed E-state index contributed by atoms with van der Waals surface area (Å²) in [6.07, 6.45) is 8.10. The Bertz CT molecular complexity index is 2050. The number of hydrogen-bond acceptors (Lipinski definition) is 13. The summed E-state index contributed by atoms with van der Waals surface area (Å²) in [5.41, 5.74) is 2.24. The van der Waals surface area contributed by atoms with Gasteiger partial charge in [0.2, 0.25) is 6.54 Å². The van der Waals surface area contributed by atoms with Crippen molar-refractivity contribution >= 4 is 49.9 Å². The Balaban J connectivity index is 0.000000292. The number of likely N-dealkylation sites (N-methyl/N-ethyl adjacent to an activating group) is 2. The highest BCUT2D eigenvalue weighted by Crippen LogP contribution is 2.21. The average molecular weight is 739 g/mol. The molecule has 4 aromatic rings. The highest BCUT2D eigenvalue weighted by Gasteiger charge is 2.11. The maximum absolute atomic E-state index is 11.1. The molecule has 0 atom stereocenters. The van der Waals surface area contributed by atoms with Crippen molar-refractivity contribution in [3.05, 3.63) is 119 Å². The third-order valence-electron chi connectivity index (χ3n) is 6.43. The first-order chi connectivity index (χ1) is 24.2. The fourth-order valence-corrected chi connectivity index (χ4v) is 4.66. The molecule has 0 amide bonds. The minimum absolute atomic E-state index is 0.00125. The van der Waals surface area contributed by atoms with Gasteiger partial charge in [-0.3, -0.25) is 18.9 Å². The molecule has 17 nitrogen and oxygen atoms in total. The van der Waals surface area contributed by atoms with Crippen molar-refractivity contribution in [1.29, 1.82) is 0 Å². The van der Waals surface area contributed by atoms with Crippen LogP contribution in [-0.2, 0) is 26.8 Å². The molecular weight excluding hydrogens is 705 g/mol. The van der Waals surface area contributed by atoms with Crippen LogP contribution in [0.25, 0.3) is 21.5 Å². The molecule has 0 bridgehead atoms.